The molecule has 0 saturated heterocycles. The van der Waals surface area contributed by atoms with E-state index in [-0.39, 0.29) is 12.5 Å². The maximum atomic E-state index is 10.7. The lowest BCUT2D eigenvalue weighted by atomic mass is 10.3. The molecule has 0 aliphatic heterocycles. The molecule has 1 atom stereocenters. The molecule has 6 heteroatoms. The second-order valence-corrected chi connectivity index (χ2v) is 4.60. The maximum Gasteiger partial charge on any atom is 0.327 e. The first kappa shape index (κ1) is 15.2. The number of carboxylic acid groups (broad SMARTS) is 1. The van der Waals surface area contributed by atoms with E-state index >= 15 is 0 Å². The van der Waals surface area contributed by atoms with E-state index in [4.69, 9.17) is 10.2 Å². The Kier molecular flexibility index (Phi) is 9.03. The van der Waals surface area contributed by atoms with Gasteiger partial charge in [-0.15, -0.1) is 0 Å². The van der Waals surface area contributed by atoms with Gasteiger partial charge in [0.15, 0.2) is 0 Å². The monoisotopic (exact) mass is 249 g/mol. The van der Waals surface area contributed by atoms with Crippen LogP contribution in [0.25, 0.3) is 0 Å². The molecule has 1 unspecified atom stereocenters. The summed E-state index contributed by atoms with van der Waals surface area (Å²) in [7, 11) is 0. The predicted octanol–water partition coefficient (Wildman–Crippen LogP) is 0.471. The van der Waals surface area contributed by atoms with Gasteiger partial charge in [-0.05, 0) is 18.6 Å². The van der Waals surface area contributed by atoms with E-state index in [1.165, 1.54) is 18.7 Å². The van der Waals surface area contributed by atoms with Crippen LogP contribution in [0, 0.1) is 0 Å². The number of carbonyl (C=O) groups excluding carboxylic acids is 1. The highest BCUT2D eigenvalue weighted by molar-refractivity contribution is 7.99. The lowest BCUT2D eigenvalue weighted by Gasteiger charge is -2.12. The molecule has 5 nitrogen and oxygen atoms in total. The molecule has 0 saturated carbocycles. The van der Waals surface area contributed by atoms with Gasteiger partial charge < -0.3 is 15.5 Å². The number of unbranched alkanes of at least 4 members (excludes halogenated alkanes) is 2. The molecule has 0 aliphatic carbocycles. The standard InChI is InChI=1S/C10H19NO4S/c1-8(13)11-9(10(14)15)7-16-6-4-2-3-5-12/h9,12H,2-7H2,1H3,(H,11,13)(H,14,15). The zero-order chi connectivity index (χ0) is 12.4. The summed E-state index contributed by atoms with van der Waals surface area (Å²) >= 11 is 1.50. The normalized spacial score (nSPS) is 12.1. The second-order valence-electron chi connectivity index (χ2n) is 3.45. The molecule has 94 valence electrons. The Hall–Kier alpha value is -0.750. The summed E-state index contributed by atoms with van der Waals surface area (Å²) in [6, 6.07) is -0.805. The van der Waals surface area contributed by atoms with Crippen LogP contribution >= 0.6 is 11.8 Å². The first-order valence-corrected chi connectivity index (χ1v) is 6.42. The van der Waals surface area contributed by atoms with Crippen LogP contribution in [0.5, 0.6) is 0 Å². The smallest absolute Gasteiger partial charge is 0.327 e. The first-order chi connectivity index (χ1) is 7.57. The third-order valence-corrected chi connectivity index (χ3v) is 3.05. The highest BCUT2D eigenvalue weighted by atomic mass is 32.2. The number of aliphatic carboxylic acids is 1. The molecular weight excluding hydrogens is 230 g/mol. The number of carboxylic acids is 1. The number of aliphatic hydroxyl groups excluding tert-OH is 1. The molecule has 0 aliphatic rings. The Labute approximate surface area is 99.6 Å². The Morgan fingerprint density at radius 3 is 2.50 bits per heavy atom. The summed E-state index contributed by atoms with van der Waals surface area (Å²) in [4.78, 5) is 21.5. The lowest BCUT2D eigenvalue weighted by Crippen LogP contribution is -2.41. The zero-order valence-corrected chi connectivity index (χ0v) is 10.3. The van der Waals surface area contributed by atoms with Crippen molar-refractivity contribution in [3.8, 4) is 0 Å². The molecule has 0 radical (unpaired) electrons. The zero-order valence-electron chi connectivity index (χ0n) is 9.44. The van der Waals surface area contributed by atoms with Gasteiger partial charge in [-0.3, -0.25) is 4.79 Å². The van der Waals surface area contributed by atoms with Gasteiger partial charge in [-0.25, -0.2) is 4.79 Å². The van der Waals surface area contributed by atoms with Crippen LogP contribution in [0.1, 0.15) is 26.2 Å². The van der Waals surface area contributed by atoms with E-state index < -0.39 is 12.0 Å². The van der Waals surface area contributed by atoms with Crippen molar-refractivity contribution in [2.24, 2.45) is 0 Å². The van der Waals surface area contributed by atoms with Crippen molar-refractivity contribution in [1.29, 1.82) is 0 Å². The first-order valence-electron chi connectivity index (χ1n) is 5.26. The van der Waals surface area contributed by atoms with Gasteiger partial charge in [0, 0.05) is 19.3 Å². The minimum absolute atomic E-state index is 0.203. The summed E-state index contributed by atoms with van der Waals surface area (Å²) in [6.07, 6.45) is 2.69. The molecular formula is C10H19NO4S. The number of hydrogen-bond donors (Lipinski definition) is 3. The van der Waals surface area contributed by atoms with E-state index in [0.29, 0.717) is 5.75 Å². The molecule has 0 rings (SSSR count). The van der Waals surface area contributed by atoms with Crippen LogP contribution < -0.4 is 5.32 Å². The van der Waals surface area contributed by atoms with Crippen LogP contribution in [0.15, 0.2) is 0 Å². The van der Waals surface area contributed by atoms with Crippen LogP contribution in [0.3, 0.4) is 0 Å². The quantitative estimate of drug-likeness (QED) is 0.517. The SMILES string of the molecule is CC(=O)NC(CSCCCCCO)C(=O)O. The van der Waals surface area contributed by atoms with E-state index in [9.17, 15) is 9.59 Å². The van der Waals surface area contributed by atoms with E-state index in [2.05, 4.69) is 5.32 Å². The summed E-state index contributed by atoms with van der Waals surface area (Å²) < 4.78 is 0. The van der Waals surface area contributed by atoms with E-state index in [0.717, 1.165) is 25.0 Å². The largest absolute Gasteiger partial charge is 0.480 e. The van der Waals surface area contributed by atoms with Gasteiger partial charge in [-0.2, -0.15) is 11.8 Å². The van der Waals surface area contributed by atoms with Crippen LogP contribution in [-0.2, 0) is 9.59 Å². The van der Waals surface area contributed by atoms with E-state index in [1.807, 2.05) is 0 Å². The summed E-state index contributed by atoms with van der Waals surface area (Å²) in [5.41, 5.74) is 0. The van der Waals surface area contributed by atoms with Gasteiger partial charge in [0.2, 0.25) is 5.91 Å². The predicted molar refractivity (Wildman–Crippen MR) is 63.5 cm³/mol. The van der Waals surface area contributed by atoms with Crippen molar-refractivity contribution in [2.45, 2.75) is 32.2 Å². The molecule has 0 aromatic rings. The third-order valence-electron chi connectivity index (χ3n) is 1.91. The fourth-order valence-corrected chi connectivity index (χ4v) is 2.15. The highest BCUT2D eigenvalue weighted by Gasteiger charge is 2.17. The summed E-state index contributed by atoms with van der Waals surface area (Å²) in [5.74, 6) is -0.0939. The molecule has 0 spiro atoms. The minimum atomic E-state index is -1.00. The number of aliphatic hydroxyl groups is 1. The van der Waals surface area contributed by atoms with Crippen LogP contribution in [0.2, 0.25) is 0 Å². The summed E-state index contributed by atoms with van der Waals surface area (Å²) in [6.45, 7) is 1.51. The topological polar surface area (TPSA) is 86.6 Å². The minimum Gasteiger partial charge on any atom is -0.480 e. The fraction of sp³-hybridized carbons (Fsp3) is 0.800. The number of amides is 1. The average molecular weight is 249 g/mol. The van der Waals surface area contributed by atoms with Crippen molar-refractivity contribution in [2.75, 3.05) is 18.1 Å². The van der Waals surface area contributed by atoms with Gasteiger partial charge in [0.05, 0.1) is 0 Å². The van der Waals surface area contributed by atoms with Crippen molar-refractivity contribution in [3.63, 3.8) is 0 Å². The Morgan fingerprint density at radius 2 is 2.00 bits per heavy atom. The maximum absolute atomic E-state index is 10.7. The third kappa shape index (κ3) is 8.55. The number of carbonyl (C=O) groups is 2. The Balaban J connectivity index is 3.60. The fourth-order valence-electron chi connectivity index (χ4n) is 1.11. The number of thioether (sulfide) groups is 1. The molecule has 3 N–H and O–H groups in total. The van der Waals surface area contributed by atoms with Crippen LogP contribution in [-0.4, -0.2) is 46.2 Å². The van der Waals surface area contributed by atoms with Crippen molar-refractivity contribution < 1.29 is 19.8 Å². The van der Waals surface area contributed by atoms with Gasteiger partial charge in [0.1, 0.15) is 6.04 Å². The lowest BCUT2D eigenvalue weighted by molar-refractivity contribution is -0.140. The van der Waals surface area contributed by atoms with Gasteiger partial charge in [-0.1, -0.05) is 6.42 Å². The molecule has 0 heterocycles. The van der Waals surface area contributed by atoms with E-state index in [1.54, 1.807) is 0 Å². The number of rotatable bonds is 9. The Morgan fingerprint density at radius 1 is 1.31 bits per heavy atom. The van der Waals surface area contributed by atoms with Gasteiger partial charge in [0.25, 0.3) is 0 Å². The highest BCUT2D eigenvalue weighted by Crippen LogP contribution is 2.08. The number of nitrogens with one attached hydrogen (secondary N) is 1. The van der Waals surface area contributed by atoms with Crippen molar-refractivity contribution in [3.05, 3.63) is 0 Å². The van der Waals surface area contributed by atoms with Crippen molar-refractivity contribution in [1.82, 2.24) is 5.32 Å². The molecule has 16 heavy (non-hydrogen) atoms. The summed E-state index contributed by atoms with van der Waals surface area (Å²) in [5, 5.41) is 19.7. The molecule has 0 fully saturated rings. The Bertz CT molecular complexity index is 223. The van der Waals surface area contributed by atoms with Gasteiger partial charge >= 0.3 is 5.97 Å². The molecule has 0 aromatic heterocycles. The number of hydrogen-bond acceptors (Lipinski definition) is 4. The second kappa shape index (κ2) is 9.47. The average Bonchev–Trinajstić information content (AvgIpc) is 2.20. The molecule has 0 aromatic carbocycles. The molecule has 1 amide bonds. The van der Waals surface area contributed by atoms with Crippen LogP contribution in [0.4, 0.5) is 0 Å². The van der Waals surface area contributed by atoms with Crippen molar-refractivity contribution >= 4 is 23.6 Å². The molecule has 0 bridgehead atoms.